The molecule has 2 aromatic heterocycles. The Morgan fingerprint density at radius 3 is 2.39 bits per heavy atom. The van der Waals surface area contributed by atoms with Crippen molar-refractivity contribution < 1.29 is 0 Å². The Labute approximate surface area is 224 Å². The molecule has 0 aliphatic heterocycles. The number of nitrogens with zero attached hydrogens (tertiary/aromatic N) is 6. The Kier molecular flexibility index (Phi) is 10.2. The van der Waals surface area contributed by atoms with Gasteiger partial charge in [0.25, 0.3) is 0 Å². The van der Waals surface area contributed by atoms with E-state index in [-0.39, 0.29) is 5.95 Å². The van der Waals surface area contributed by atoms with Gasteiger partial charge in [0.2, 0.25) is 11.9 Å². The Morgan fingerprint density at radius 2 is 1.74 bits per heavy atom. The molecule has 0 aliphatic rings. The zero-order valence-electron chi connectivity index (χ0n) is 22.5. The normalized spacial score (nSPS) is 11.6. The van der Waals surface area contributed by atoms with Crippen LogP contribution in [0.25, 0.3) is 11.3 Å². The van der Waals surface area contributed by atoms with E-state index in [2.05, 4.69) is 63.0 Å². The predicted octanol–water partition coefficient (Wildman–Crippen LogP) is 4.91. The minimum atomic E-state index is 0.196. The summed E-state index contributed by atoms with van der Waals surface area (Å²) in [6.07, 6.45) is 3.58. The van der Waals surface area contributed by atoms with Crippen LogP contribution in [-0.2, 0) is 6.42 Å². The van der Waals surface area contributed by atoms with Crippen LogP contribution >= 0.6 is 0 Å². The Balaban J connectivity index is 0.000000260. The summed E-state index contributed by atoms with van der Waals surface area (Å²) in [6, 6.07) is 22.1. The number of rotatable bonds is 8. The molecule has 0 bridgehead atoms. The summed E-state index contributed by atoms with van der Waals surface area (Å²) in [4.78, 5) is 23.2. The SMILES string of the molecule is CCCc1cccc(C(C)CN)c1.Cc1cc(N(C)c2nc(N=CN)cc(-c3ccccc3)n2)nc(N)n1. The summed E-state index contributed by atoms with van der Waals surface area (Å²) in [7, 11) is 1.81. The van der Waals surface area contributed by atoms with Gasteiger partial charge < -0.3 is 17.2 Å². The third-order valence-electron chi connectivity index (χ3n) is 5.89. The largest absolute Gasteiger partial charge is 0.390 e. The maximum atomic E-state index is 5.74. The molecule has 0 saturated heterocycles. The monoisotopic (exact) mass is 511 g/mol. The van der Waals surface area contributed by atoms with E-state index >= 15 is 0 Å². The molecule has 1 atom stereocenters. The standard InChI is InChI=1S/C17H18N8.C12H19N/c1-11-8-15(24-16(19)21-11)25(2)17-22-13(9-14(23-17)20-10-18)12-6-4-3-5-7-12;1-3-5-11-6-4-7-12(8-11)10(2)9-13/h3-10H,1-2H3,(H2,19,21,24)(H2,18,20,22,23);4,6-8,10H,3,5,9,13H2,1-2H3. The van der Waals surface area contributed by atoms with Crippen LogP contribution in [0.1, 0.15) is 43.0 Å². The summed E-state index contributed by atoms with van der Waals surface area (Å²) in [5, 5.41) is 0. The van der Waals surface area contributed by atoms with Crippen LogP contribution in [0.5, 0.6) is 0 Å². The predicted molar refractivity (Wildman–Crippen MR) is 157 cm³/mol. The van der Waals surface area contributed by atoms with Crippen LogP contribution in [-0.4, -0.2) is 39.9 Å². The van der Waals surface area contributed by atoms with Crippen molar-refractivity contribution >= 4 is 29.9 Å². The number of benzene rings is 2. The van der Waals surface area contributed by atoms with Crippen LogP contribution in [0.15, 0.2) is 71.7 Å². The van der Waals surface area contributed by atoms with Crippen molar-refractivity contribution in [2.75, 3.05) is 24.2 Å². The minimum absolute atomic E-state index is 0.196. The highest BCUT2D eigenvalue weighted by Gasteiger charge is 2.14. The third-order valence-corrected chi connectivity index (χ3v) is 5.89. The molecule has 0 radical (unpaired) electrons. The molecule has 9 nitrogen and oxygen atoms in total. The molecule has 4 aromatic rings. The highest BCUT2D eigenvalue weighted by molar-refractivity contribution is 5.67. The van der Waals surface area contributed by atoms with E-state index in [9.17, 15) is 0 Å². The van der Waals surface area contributed by atoms with Gasteiger partial charge in [0, 0.05) is 30.4 Å². The van der Waals surface area contributed by atoms with Gasteiger partial charge in [-0.3, -0.25) is 4.90 Å². The summed E-state index contributed by atoms with van der Waals surface area (Å²) < 4.78 is 0. The molecule has 9 heteroatoms. The first-order chi connectivity index (χ1) is 18.3. The maximum Gasteiger partial charge on any atom is 0.233 e. The smallest absolute Gasteiger partial charge is 0.233 e. The van der Waals surface area contributed by atoms with Gasteiger partial charge in [-0.2, -0.15) is 9.97 Å². The quantitative estimate of drug-likeness (QED) is 0.223. The number of nitrogen functional groups attached to an aromatic ring is 1. The van der Waals surface area contributed by atoms with Gasteiger partial charge in [0.05, 0.1) is 12.0 Å². The molecular formula is C29H37N9. The van der Waals surface area contributed by atoms with E-state index in [1.165, 1.54) is 30.3 Å². The van der Waals surface area contributed by atoms with Crippen molar-refractivity contribution in [2.24, 2.45) is 16.5 Å². The Bertz CT molecular complexity index is 1320. The number of nitrogens with two attached hydrogens (primary N) is 3. The fraction of sp³-hybridized carbons (Fsp3) is 0.276. The van der Waals surface area contributed by atoms with Crippen molar-refractivity contribution in [1.29, 1.82) is 0 Å². The van der Waals surface area contributed by atoms with E-state index in [1.54, 1.807) is 24.1 Å². The lowest BCUT2D eigenvalue weighted by Crippen LogP contribution is -2.16. The van der Waals surface area contributed by atoms with Crippen LogP contribution in [0, 0.1) is 6.92 Å². The highest BCUT2D eigenvalue weighted by atomic mass is 15.3. The van der Waals surface area contributed by atoms with Crippen LogP contribution in [0.2, 0.25) is 0 Å². The second-order valence-corrected chi connectivity index (χ2v) is 8.97. The fourth-order valence-electron chi connectivity index (χ4n) is 3.80. The van der Waals surface area contributed by atoms with Gasteiger partial charge >= 0.3 is 0 Å². The lowest BCUT2D eigenvalue weighted by atomic mass is 9.98. The molecule has 2 heterocycles. The Morgan fingerprint density at radius 1 is 0.974 bits per heavy atom. The minimum Gasteiger partial charge on any atom is -0.390 e. The van der Waals surface area contributed by atoms with Crippen molar-refractivity contribution in [3.63, 3.8) is 0 Å². The van der Waals surface area contributed by atoms with E-state index < -0.39 is 0 Å². The summed E-state index contributed by atoms with van der Waals surface area (Å²) >= 11 is 0. The van der Waals surface area contributed by atoms with Gasteiger partial charge in [0.15, 0.2) is 5.82 Å². The van der Waals surface area contributed by atoms with E-state index in [0.29, 0.717) is 23.5 Å². The highest BCUT2D eigenvalue weighted by Crippen LogP contribution is 2.27. The second kappa shape index (κ2) is 13.8. The van der Waals surface area contributed by atoms with Gasteiger partial charge in [-0.05, 0) is 36.9 Å². The van der Waals surface area contributed by atoms with E-state index in [4.69, 9.17) is 17.2 Å². The number of anilines is 3. The van der Waals surface area contributed by atoms with Gasteiger partial charge in [-0.25, -0.2) is 15.0 Å². The molecule has 0 saturated carbocycles. The lowest BCUT2D eigenvalue weighted by molar-refractivity contribution is 0.770. The van der Waals surface area contributed by atoms with E-state index in [0.717, 1.165) is 23.5 Å². The lowest BCUT2D eigenvalue weighted by Gasteiger charge is -2.17. The van der Waals surface area contributed by atoms with Crippen LogP contribution in [0.4, 0.5) is 23.5 Å². The molecule has 1 unspecified atom stereocenters. The molecule has 0 amide bonds. The molecule has 0 aliphatic carbocycles. The number of aromatic nitrogens is 4. The molecule has 0 spiro atoms. The van der Waals surface area contributed by atoms with Crippen LogP contribution < -0.4 is 22.1 Å². The average molecular weight is 512 g/mol. The zero-order valence-corrected chi connectivity index (χ0v) is 22.5. The van der Waals surface area contributed by atoms with Crippen molar-refractivity contribution in [3.05, 3.63) is 83.6 Å². The van der Waals surface area contributed by atoms with Crippen molar-refractivity contribution in [2.45, 2.75) is 39.5 Å². The zero-order chi connectivity index (χ0) is 27.5. The molecule has 38 heavy (non-hydrogen) atoms. The molecule has 198 valence electrons. The summed E-state index contributed by atoms with van der Waals surface area (Å²) in [5.41, 5.74) is 22.0. The number of aliphatic imine (C=N–C) groups is 1. The molecular weight excluding hydrogens is 474 g/mol. The Hall–Kier alpha value is -4.37. The number of aryl methyl sites for hydroxylation is 2. The molecule has 2 aromatic carbocycles. The number of hydrogen-bond donors (Lipinski definition) is 3. The second-order valence-electron chi connectivity index (χ2n) is 8.97. The van der Waals surface area contributed by atoms with Crippen molar-refractivity contribution in [3.8, 4) is 11.3 Å². The first-order valence-electron chi connectivity index (χ1n) is 12.7. The topological polar surface area (TPSA) is 145 Å². The van der Waals surface area contributed by atoms with Gasteiger partial charge in [0.1, 0.15) is 5.82 Å². The molecule has 4 rings (SSSR count). The maximum absolute atomic E-state index is 5.74. The number of hydrogen-bond acceptors (Lipinski definition) is 8. The summed E-state index contributed by atoms with van der Waals surface area (Å²) in [6.45, 7) is 6.96. The molecule has 6 N–H and O–H groups in total. The van der Waals surface area contributed by atoms with Gasteiger partial charge in [-0.1, -0.05) is 74.9 Å². The third kappa shape index (κ3) is 7.81. The first-order valence-corrected chi connectivity index (χ1v) is 12.7. The summed E-state index contributed by atoms with van der Waals surface area (Å²) in [5.74, 6) is 2.16. The van der Waals surface area contributed by atoms with Crippen molar-refractivity contribution in [1.82, 2.24) is 19.9 Å². The van der Waals surface area contributed by atoms with Crippen LogP contribution in [0.3, 0.4) is 0 Å². The molecule has 0 fully saturated rings. The first kappa shape index (κ1) is 28.2. The fourth-order valence-corrected chi connectivity index (χ4v) is 3.80. The van der Waals surface area contributed by atoms with Gasteiger partial charge in [-0.15, -0.1) is 0 Å². The average Bonchev–Trinajstić information content (AvgIpc) is 2.93. The van der Waals surface area contributed by atoms with E-state index in [1.807, 2.05) is 37.3 Å².